The molecule has 0 aliphatic heterocycles. The van der Waals surface area contributed by atoms with Gasteiger partial charge in [0.15, 0.2) is 11.5 Å². The van der Waals surface area contributed by atoms with Gasteiger partial charge < -0.3 is 5.11 Å². The van der Waals surface area contributed by atoms with Gasteiger partial charge >= 0.3 is 5.97 Å². The molecule has 0 amide bonds. The van der Waals surface area contributed by atoms with Crippen LogP contribution in [0.25, 0.3) is 5.65 Å². The fourth-order valence-corrected chi connectivity index (χ4v) is 1.76. The molecule has 0 aliphatic rings. The SMILES string of the molecule is CC(CC(=O)O)c1nc2cc(Br)ccn2n1. The molecule has 1 unspecified atom stereocenters. The smallest absolute Gasteiger partial charge is 0.304 e. The normalized spacial score (nSPS) is 12.9. The van der Waals surface area contributed by atoms with Crippen molar-refractivity contribution < 1.29 is 9.90 Å². The lowest BCUT2D eigenvalue weighted by Gasteiger charge is -2.01. The molecular formula is C10H10BrN3O2. The molecule has 0 bridgehead atoms. The Morgan fingerprint density at radius 2 is 2.44 bits per heavy atom. The van der Waals surface area contributed by atoms with Crippen LogP contribution in [0.4, 0.5) is 0 Å². The van der Waals surface area contributed by atoms with Gasteiger partial charge in [0.2, 0.25) is 0 Å². The lowest BCUT2D eigenvalue weighted by Crippen LogP contribution is -2.04. The summed E-state index contributed by atoms with van der Waals surface area (Å²) in [7, 11) is 0. The third-order valence-electron chi connectivity index (χ3n) is 2.24. The van der Waals surface area contributed by atoms with Crippen LogP contribution in [0, 0.1) is 0 Å². The molecule has 1 atom stereocenters. The second-order valence-corrected chi connectivity index (χ2v) is 4.53. The molecule has 0 saturated carbocycles. The second-order valence-electron chi connectivity index (χ2n) is 3.62. The molecule has 2 heterocycles. The van der Waals surface area contributed by atoms with Crippen molar-refractivity contribution in [2.24, 2.45) is 0 Å². The van der Waals surface area contributed by atoms with Crippen LogP contribution in [-0.2, 0) is 4.79 Å². The molecule has 0 aliphatic carbocycles. The molecular weight excluding hydrogens is 274 g/mol. The van der Waals surface area contributed by atoms with E-state index in [-0.39, 0.29) is 12.3 Å². The second kappa shape index (κ2) is 4.21. The molecule has 0 saturated heterocycles. The Labute approximate surface area is 100 Å². The van der Waals surface area contributed by atoms with Crippen LogP contribution in [0.3, 0.4) is 0 Å². The fraction of sp³-hybridized carbons (Fsp3) is 0.300. The van der Waals surface area contributed by atoms with Gasteiger partial charge in [-0.3, -0.25) is 4.79 Å². The first kappa shape index (κ1) is 11.1. The summed E-state index contributed by atoms with van der Waals surface area (Å²) >= 11 is 3.34. The molecule has 0 radical (unpaired) electrons. The lowest BCUT2D eigenvalue weighted by molar-refractivity contribution is -0.137. The van der Waals surface area contributed by atoms with Crippen molar-refractivity contribution in [3.63, 3.8) is 0 Å². The van der Waals surface area contributed by atoms with E-state index in [1.807, 2.05) is 12.1 Å². The highest BCUT2D eigenvalue weighted by molar-refractivity contribution is 9.10. The molecule has 2 aromatic heterocycles. The predicted octanol–water partition coefficient (Wildman–Crippen LogP) is 2.07. The Hall–Kier alpha value is -1.43. The predicted molar refractivity (Wildman–Crippen MR) is 61.4 cm³/mol. The molecule has 2 aromatic rings. The van der Waals surface area contributed by atoms with Gasteiger partial charge in [-0.05, 0) is 12.1 Å². The van der Waals surface area contributed by atoms with Crippen LogP contribution >= 0.6 is 15.9 Å². The average molecular weight is 284 g/mol. The molecule has 1 N–H and O–H groups in total. The highest BCUT2D eigenvalue weighted by atomic mass is 79.9. The largest absolute Gasteiger partial charge is 0.481 e. The number of nitrogens with zero attached hydrogens (tertiary/aromatic N) is 3. The van der Waals surface area contributed by atoms with Crippen LogP contribution < -0.4 is 0 Å². The Morgan fingerprint density at radius 3 is 3.12 bits per heavy atom. The van der Waals surface area contributed by atoms with Gasteiger partial charge in [-0.1, -0.05) is 22.9 Å². The van der Waals surface area contributed by atoms with E-state index in [0.29, 0.717) is 11.5 Å². The fourth-order valence-electron chi connectivity index (χ4n) is 1.44. The molecule has 5 nitrogen and oxygen atoms in total. The van der Waals surface area contributed by atoms with Crippen molar-refractivity contribution >= 4 is 27.5 Å². The molecule has 0 spiro atoms. The third-order valence-corrected chi connectivity index (χ3v) is 2.73. The number of hydrogen-bond donors (Lipinski definition) is 1. The molecule has 0 aromatic carbocycles. The molecule has 84 valence electrons. The van der Waals surface area contributed by atoms with Crippen molar-refractivity contribution in [1.29, 1.82) is 0 Å². The summed E-state index contributed by atoms with van der Waals surface area (Å²) in [4.78, 5) is 14.9. The average Bonchev–Trinajstić information content (AvgIpc) is 2.59. The molecule has 6 heteroatoms. The number of hydrogen-bond acceptors (Lipinski definition) is 3. The zero-order valence-electron chi connectivity index (χ0n) is 8.59. The Balaban J connectivity index is 2.35. The van der Waals surface area contributed by atoms with E-state index in [9.17, 15) is 4.79 Å². The summed E-state index contributed by atoms with van der Waals surface area (Å²) in [6, 6.07) is 3.69. The topological polar surface area (TPSA) is 67.5 Å². The van der Waals surface area contributed by atoms with Gasteiger partial charge in [-0.25, -0.2) is 9.50 Å². The number of carboxylic acids is 1. The Kier molecular flexibility index (Phi) is 2.91. The quantitative estimate of drug-likeness (QED) is 0.936. The first-order valence-corrected chi connectivity index (χ1v) is 5.59. The monoisotopic (exact) mass is 283 g/mol. The van der Waals surface area contributed by atoms with Crippen molar-refractivity contribution in [2.75, 3.05) is 0 Å². The third kappa shape index (κ3) is 2.21. The zero-order valence-corrected chi connectivity index (χ0v) is 10.2. The molecule has 16 heavy (non-hydrogen) atoms. The zero-order chi connectivity index (χ0) is 11.7. The van der Waals surface area contributed by atoms with E-state index in [0.717, 1.165) is 4.47 Å². The van der Waals surface area contributed by atoms with E-state index in [1.165, 1.54) is 0 Å². The van der Waals surface area contributed by atoms with Gasteiger partial charge in [0, 0.05) is 16.6 Å². The van der Waals surface area contributed by atoms with Gasteiger partial charge in [-0.2, -0.15) is 5.10 Å². The van der Waals surface area contributed by atoms with Crippen LogP contribution in [0.5, 0.6) is 0 Å². The van der Waals surface area contributed by atoms with Gasteiger partial charge in [0.1, 0.15) is 0 Å². The van der Waals surface area contributed by atoms with Crippen molar-refractivity contribution in [3.05, 3.63) is 28.6 Å². The van der Waals surface area contributed by atoms with Crippen LogP contribution in [0.1, 0.15) is 25.1 Å². The standard InChI is InChI=1S/C10H10BrN3O2/c1-6(4-9(15)16)10-12-8-5-7(11)2-3-14(8)13-10/h2-3,5-6H,4H2,1H3,(H,15,16). The summed E-state index contributed by atoms with van der Waals surface area (Å²) in [5.41, 5.74) is 0.710. The molecule has 0 fully saturated rings. The lowest BCUT2D eigenvalue weighted by atomic mass is 10.1. The number of pyridine rings is 1. The Morgan fingerprint density at radius 1 is 1.69 bits per heavy atom. The summed E-state index contributed by atoms with van der Waals surface area (Å²) in [5.74, 6) is -0.468. The Bertz CT molecular complexity index is 538. The minimum atomic E-state index is -0.840. The van der Waals surface area contributed by atoms with E-state index < -0.39 is 5.97 Å². The van der Waals surface area contributed by atoms with E-state index in [2.05, 4.69) is 26.0 Å². The number of aliphatic carboxylic acids is 1. The van der Waals surface area contributed by atoms with Gasteiger partial charge in [-0.15, -0.1) is 0 Å². The number of fused-ring (bicyclic) bond motifs is 1. The summed E-state index contributed by atoms with van der Waals surface area (Å²) in [6.45, 7) is 1.80. The maximum Gasteiger partial charge on any atom is 0.304 e. The highest BCUT2D eigenvalue weighted by Gasteiger charge is 2.15. The van der Waals surface area contributed by atoms with Crippen LogP contribution in [0.2, 0.25) is 0 Å². The minimum Gasteiger partial charge on any atom is -0.481 e. The van der Waals surface area contributed by atoms with E-state index >= 15 is 0 Å². The molecule has 2 rings (SSSR count). The van der Waals surface area contributed by atoms with Crippen LogP contribution in [-0.4, -0.2) is 25.7 Å². The first-order valence-electron chi connectivity index (χ1n) is 4.80. The first-order chi connectivity index (χ1) is 7.56. The number of aromatic nitrogens is 3. The number of halogens is 1. The van der Waals surface area contributed by atoms with E-state index in [4.69, 9.17) is 5.11 Å². The van der Waals surface area contributed by atoms with E-state index in [1.54, 1.807) is 17.6 Å². The van der Waals surface area contributed by atoms with Crippen molar-refractivity contribution in [2.45, 2.75) is 19.3 Å². The van der Waals surface area contributed by atoms with Crippen molar-refractivity contribution in [3.8, 4) is 0 Å². The number of carboxylic acid groups (broad SMARTS) is 1. The maximum absolute atomic E-state index is 10.6. The van der Waals surface area contributed by atoms with Crippen molar-refractivity contribution in [1.82, 2.24) is 14.6 Å². The maximum atomic E-state index is 10.6. The van der Waals surface area contributed by atoms with Crippen LogP contribution in [0.15, 0.2) is 22.8 Å². The summed E-state index contributed by atoms with van der Waals surface area (Å²) in [6.07, 6.45) is 1.82. The number of rotatable bonds is 3. The summed E-state index contributed by atoms with van der Waals surface area (Å²) in [5, 5.41) is 12.9. The minimum absolute atomic E-state index is 0.0397. The van der Waals surface area contributed by atoms with Gasteiger partial charge in [0.05, 0.1) is 6.42 Å². The van der Waals surface area contributed by atoms with Gasteiger partial charge in [0.25, 0.3) is 0 Å². The summed E-state index contributed by atoms with van der Waals surface area (Å²) < 4.78 is 2.56. The highest BCUT2D eigenvalue weighted by Crippen LogP contribution is 2.17. The number of carbonyl (C=O) groups is 1.